The Hall–Kier alpha value is -3.95. The molecule has 2 heterocycles. The van der Waals surface area contributed by atoms with Crippen molar-refractivity contribution in [2.24, 2.45) is 5.92 Å². The van der Waals surface area contributed by atoms with Crippen LogP contribution >= 0.6 is 0 Å². The average Bonchev–Trinajstić information content (AvgIpc) is 3.49. The van der Waals surface area contributed by atoms with Gasteiger partial charge in [-0.1, -0.05) is 42.5 Å². The third-order valence-electron chi connectivity index (χ3n) is 9.25. The van der Waals surface area contributed by atoms with Gasteiger partial charge in [0.05, 0.1) is 46.0 Å². The second-order valence-electron chi connectivity index (χ2n) is 11.6. The number of fused-ring (bicyclic) bond motifs is 3. The van der Waals surface area contributed by atoms with E-state index in [1.807, 2.05) is 6.07 Å². The summed E-state index contributed by atoms with van der Waals surface area (Å²) in [5, 5.41) is 44.7. The van der Waals surface area contributed by atoms with Crippen molar-refractivity contribution in [3.63, 3.8) is 0 Å². The van der Waals surface area contributed by atoms with Crippen molar-refractivity contribution in [2.45, 2.75) is 48.0 Å². The van der Waals surface area contributed by atoms with E-state index in [0.717, 1.165) is 0 Å². The Morgan fingerprint density at radius 1 is 0.979 bits per heavy atom. The number of aliphatic hydroxyl groups is 4. The fourth-order valence-electron chi connectivity index (χ4n) is 7.11. The van der Waals surface area contributed by atoms with E-state index < -0.39 is 66.5 Å². The first-order valence-electron chi connectivity index (χ1n) is 15.0. The largest absolute Gasteiger partial charge is 0.497 e. The summed E-state index contributed by atoms with van der Waals surface area (Å²) in [6.45, 7) is -0.601. The number of esters is 1. The minimum atomic E-state index is -2.25. The summed E-state index contributed by atoms with van der Waals surface area (Å²) in [5.74, 6) is -2.05. The van der Waals surface area contributed by atoms with E-state index >= 15 is 0 Å². The second kappa shape index (κ2) is 12.9. The summed E-state index contributed by atoms with van der Waals surface area (Å²) in [7, 11) is 5.54. The van der Waals surface area contributed by atoms with Gasteiger partial charge in [0, 0.05) is 25.2 Å². The zero-order valence-electron chi connectivity index (χ0n) is 26.3. The summed E-state index contributed by atoms with van der Waals surface area (Å²) in [6, 6.07) is 18.8. The number of aliphatic hydroxyl groups excluding tert-OH is 3. The van der Waals surface area contributed by atoms with Crippen LogP contribution in [0.2, 0.25) is 0 Å². The third-order valence-corrected chi connectivity index (χ3v) is 9.25. The molecule has 13 nitrogen and oxygen atoms in total. The first kappa shape index (κ1) is 33.0. The van der Waals surface area contributed by atoms with Crippen LogP contribution in [0.4, 0.5) is 0 Å². The number of hydrogen-bond donors (Lipinski definition) is 4. The Kier molecular flexibility index (Phi) is 9.06. The van der Waals surface area contributed by atoms with E-state index in [1.54, 1.807) is 48.5 Å². The molecule has 0 radical (unpaired) electrons. The lowest BCUT2D eigenvalue weighted by Crippen LogP contribution is -2.52. The lowest BCUT2D eigenvalue weighted by atomic mass is 9.70. The molecule has 3 aromatic rings. The first-order chi connectivity index (χ1) is 22.7. The normalized spacial score (nSPS) is 31.7. The van der Waals surface area contributed by atoms with Crippen LogP contribution in [0, 0.1) is 5.92 Å². The quantitative estimate of drug-likeness (QED) is 0.233. The number of ether oxygens (including phenoxy) is 8. The summed E-state index contributed by atoms with van der Waals surface area (Å²) < 4.78 is 46.2. The molecular weight excluding hydrogens is 616 g/mol. The minimum Gasteiger partial charge on any atom is -0.497 e. The molecule has 1 aliphatic carbocycles. The zero-order valence-corrected chi connectivity index (χ0v) is 26.3. The standard InChI is InChI=1S/C34H38O13/c1-40-20-12-10-19(11-13-20)34-27(18-8-6-5-7-9-18)26(30(38)42-3)29(37)33(34,39)28-23(41-2)14-21(15-24(28)47-34)45-32-31(43-4)44-17-25(46-32)22(36)16-35/h5-15,22,25-27,29,31-32,35-37,39H,16-17H2,1-4H3/t22-,25-,26-,27-,29+,31-,32+,33+,34+/m1/s1. The van der Waals surface area contributed by atoms with Gasteiger partial charge in [-0.25, -0.2) is 0 Å². The van der Waals surface area contributed by atoms with E-state index in [0.29, 0.717) is 16.9 Å². The maximum Gasteiger partial charge on any atom is 0.312 e. The molecule has 2 aliphatic heterocycles. The van der Waals surface area contributed by atoms with Gasteiger partial charge in [-0.05, 0) is 23.3 Å². The average molecular weight is 655 g/mol. The molecule has 1 saturated carbocycles. The molecule has 13 heteroatoms. The van der Waals surface area contributed by atoms with E-state index in [4.69, 9.17) is 37.9 Å². The lowest BCUT2D eigenvalue weighted by molar-refractivity contribution is -0.324. The summed E-state index contributed by atoms with van der Waals surface area (Å²) in [5.41, 5.74) is -2.88. The molecule has 6 rings (SSSR count). The molecule has 4 N–H and O–H groups in total. The van der Waals surface area contributed by atoms with E-state index in [1.165, 1.54) is 40.6 Å². The number of carbonyl (C=O) groups is 1. The molecule has 2 fully saturated rings. The van der Waals surface area contributed by atoms with Gasteiger partial charge in [0.1, 0.15) is 41.3 Å². The molecule has 0 spiro atoms. The molecular formula is C34H38O13. The first-order valence-corrected chi connectivity index (χ1v) is 15.0. The van der Waals surface area contributed by atoms with E-state index in [9.17, 15) is 25.2 Å². The Morgan fingerprint density at radius 2 is 1.70 bits per heavy atom. The van der Waals surface area contributed by atoms with Crippen LogP contribution in [-0.4, -0.2) is 98.9 Å². The smallest absolute Gasteiger partial charge is 0.312 e. The van der Waals surface area contributed by atoms with Gasteiger partial charge in [0.15, 0.2) is 11.2 Å². The fraction of sp³-hybridized carbons (Fsp3) is 0.441. The van der Waals surface area contributed by atoms with Crippen LogP contribution in [0.25, 0.3) is 0 Å². The monoisotopic (exact) mass is 654 g/mol. The summed E-state index contributed by atoms with van der Waals surface area (Å²) in [6.07, 6.45) is -6.03. The van der Waals surface area contributed by atoms with Gasteiger partial charge in [-0.3, -0.25) is 4.79 Å². The minimum absolute atomic E-state index is 0.0474. The third kappa shape index (κ3) is 5.10. The van der Waals surface area contributed by atoms with Gasteiger partial charge >= 0.3 is 5.97 Å². The maximum absolute atomic E-state index is 13.5. The Balaban J connectivity index is 1.52. The molecule has 0 unspecified atom stereocenters. The van der Waals surface area contributed by atoms with Crippen LogP contribution in [0.3, 0.4) is 0 Å². The predicted molar refractivity (Wildman–Crippen MR) is 162 cm³/mol. The van der Waals surface area contributed by atoms with Crippen molar-refractivity contribution in [1.29, 1.82) is 0 Å². The van der Waals surface area contributed by atoms with Crippen molar-refractivity contribution in [3.05, 3.63) is 83.4 Å². The topological polar surface area (TPSA) is 172 Å². The van der Waals surface area contributed by atoms with Gasteiger partial charge in [0.25, 0.3) is 6.29 Å². The Bertz CT molecular complexity index is 1570. The molecule has 0 aromatic heterocycles. The summed E-state index contributed by atoms with van der Waals surface area (Å²) >= 11 is 0. The predicted octanol–water partition coefficient (Wildman–Crippen LogP) is 1.57. The van der Waals surface area contributed by atoms with Gasteiger partial charge in [-0.2, -0.15) is 0 Å². The number of benzene rings is 3. The zero-order chi connectivity index (χ0) is 33.5. The second-order valence-corrected chi connectivity index (χ2v) is 11.6. The highest BCUT2D eigenvalue weighted by atomic mass is 16.8. The van der Waals surface area contributed by atoms with Gasteiger partial charge in [0.2, 0.25) is 6.29 Å². The number of hydrogen-bond acceptors (Lipinski definition) is 13. The van der Waals surface area contributed by atoms with E-state index in [-0.39, 0.29) is 29.4 Å². The van der Waals surface area contributed by atoms with Gasteiger partial charge < -0.3 is 58.3 Å². The molecule has 252 valence electrons. The molecule has 0 amide bonds. The highest BCUT2D eigenvalue weighted by Gasteiger charge is 2.78. The molecule has 1 saturated heterocycles. The molecule has 9 atom stereocenters. The van der Waals surface area contributed by atoms with Crippen molar-refractivity contribution in [3.8, 4) is 23.0 Å². The maximum atomic E-state index is 13.5. The fourth-order valence-corrected chi connectivity index (χ4v) is 7.11. The molecule has 3 aromatic carbocycles. The molecule has 47 heavy (non-hydrogen) atoms. The highest BCUT2D eigenvalue weighted by molar-refractivity contribution is 5.78. The van der Waals surface area contributed by atoms with Crippen LogP contribution in [0.5, 0.6) is 23.0 Å². The van der Waals surface area contributed by atoms with Crippen LogP contribution in [0.1, 0.15) is 22.6 Å². The van der Waals surface area contributed by atoms with Gasteiger partial charge in [-0.15, -0.1) is 0 Å². The van der Waals surface area contributed by atoms with Crippen LogP contribution in [-0.2, 0) is 34.9 Å². The lowest BCUT2D eigenvalue weighted by Gasteiger charge is -2.40. The molecule has 0 bridgehead atoms. The highest BCUT2D eigenvalue weighted by Crippen LogP contribution is 2.70. The van der Waals surface area contributed by atoms with Crippen molar-refractivity contribution < 1.29 is 63.1 Å². The van der Waals surface area contributed by atoms with Crippen molar-refractivity contribution >= 4 is 5.97 Å². The van der Waals surface area contributed by atoms with Crippen LogP contribution in [0.15, 0.2) is 66.7 Å². The Morgan fingerprint density at radius 3 is 2.32 bits per heavy atom. The number of rotatable bonds is 10. The van der Waals surface area contributed by atoms with E-state index in [2.05, 4.69) is 0 Å². The van der Waals surface area contributed by atoms with Crippen molar-refractivity contribution in [1.82, 2.24) is 0 Å². The van der Waals surface area contributed by atoms with Crippen molar-refractivity contribution in [2.75, 3.05) is 41.7 Å². The SMILES string of the molecule is COC(=O)[C@@H]1[C@@H](c2ccccc2)[C@]2(c3ccc(OC)cc3)Oc3cc(O[C@H]4O[C@@H]([C@H](O)CO)CO[C@H]4OC)cc(OC)c3[C@]2(O)[C@H]1O. The number of methoxy groups -OCH3 is 4. The molecule has 3 aliphatic rings. The van der Waals surface area contributed by atoms with Crippen LogP contribution < -0.4 is 18.9 Å². The number of carbonyl (C=O) groups excluding carboxylic acids is 1. The summed E-state index contributed by atoms with van der Waals surface area (Å²) in [4.78, 5) is 13.5. The Labute approximate surface area is 271 Å².